The second-order valence-corrected chi connectivity index (χ2v) is 6.19. The zero-order valence-electron chi connectivity index (χ0n) is 12.4. The molecule has 3 rings (SSSR count). The zero-order valence-corrected chi connectivity index (χ0v) is 13.9. The fourth-order valence-corrected chi connectivity index (χ4v) is 3.29. The number of ether oxygens (including phenoxy) is 1. The molecule has 118 valence electrons. The number of benzene rings is 1. The molecule has 0 saturated carbocycles. The molecule has 5 nitrogen and oxygen atoms in total. The second kappa shape index (κ2) is 7.35. The first-order valence-corrected chi connectivity index (χ1v) is 8.48. The molecule has 2 aromatic rings. The highest BCUT2D eigenvalue weighted by Gasteiger charge is 2.26. The largest absolute Gasteiger partial charge is 0.396 e. The molecular weight excluding hydrogens is 346 g/mol. The van der Waals surface area contributed by atoms with Crippen LogP contribution in [0.4, 0.5) is 0 Å². The molecule has 0 amide bonds. The van der Waals surface area contributed by atoms with Gasteiger partial charge >= 0.3 is 0 Å². The lowest BCUT2D eigenvalue weighted by Gasteiger charge is -2.26. The highest BCUT2D eigenvalue weighted by atomic mass is 79.9. The van der Waals surface area contributed by atoms with Gasteiger partial charge in [0.1, 0.15) is 5.82 Å². The van der Waals surface area contributed by atoms with Crippen LogP contribution >= 0.6 is 15.9 Å². The van der Waals surface area contributed by atoms with Crippen LogP contribution < -0.4 is 0 Å². The predicted octanol–water partition coefficient (Wildman–Crippen LogP) is 3.25. The lowest BCUT2D eigenvalue weighted by atomic mass is 9.95. The summed E-state index contributed by atoms with van der Waals surface area (Å²) in [6.45, 7) is 0.868. The van der Waals surface area contributed by atoms with Crippen LogP contribution in [0.5, 0.6) is 0 Å². The predicted molar refractivity (Wildman–Crippen MR) is 86.5 cm³/mol. The van der Waals surface area contributed by atoms with Gasteiger partial charge in [-0.25, -0.2) is 9.67 Å². The fraction of sp³-hybridized carbons (Fsp3) is 0.500. The van der Waals surface area contributed by atoms with E-state index in [-0.39, 0.29) is 18.8 Å². The van der Waals surface area contributed by atoms with Crippen molar-refractivity contribution in [1.29, 1.82) is 0 Å². The highest BCUT2D eigenvalue weighted by molar-refractivity contribution is 9.10. The van der Waals surface area contributed by atoms with Gasteiger partial charge in [0.05, 0.1) is 0 Å². The van der Waals surface area contributed by atoms with E-state index < -0.39 is 0 Å². The Morgan fingerprint density at radius 3 is 2.82 bits per heavy atom. The van der Waals surface area contributed by atoms with E-state index in [1.807, 2.05) is 22.9 Å². The topological polar surface area (TPSA) is 60.2 Å². The van der Waals surface area contributed by atoms with Crippen LogP contribution in [0.2, 0.25) is 0 Å². The number of aromatic nitrogens is 3. The standard InChI is InChI=1S/C16H20BrN3O2/c17-16-18-15(20(19-16)14-8-4-5-11-22-14)13(9-10-21)12-6-2-1-3-7-12/h1-3,6-7,13-14,21H,4-5,8-11H2. The summed E-state index contributed by atoms with van der Waals surface area (Å²) in [6.07, 6.45) is 3.73. The number of halogens is 1. The minimum absolute atomic E-state index is 0.00975. The Bertz CT molecular complexity index is 597. The van der Waals surface area contributed by atoms with Crippen molar-refractivity contribution in [3.05, 3.63) is 46.5 Å². The third-order valence-electron chi connectivity index (χ3n) is 3.99. The quantitative estimate of drug-likeness (QED) is 0.883. The Labute approximate surface area is 138 Å². The molecule has 6 heteroatoms. The van der Waals surface area contributed by atoms with Crippen LogP contribution in [-0.4, -0.2) is 33.1 Å². The minimum atomic E-state index is -0.0625. The van der Waals surface area contributed by atoms with E-state index in [1.165, 1.54) is 0 Å². The molecule has 2 unspecified atom stereocenters. The van der Waals surface area contributed by atoms with Crippen molar-refractivity contribution in [1.82, 2.24) is 14.8 Å². The summed E-state index contributed by atoms with van der Waals surface area (Å²) < 4.78 is 8.31. The Kier molecular flexibility index (Phi) is 5.23. The summed E-state index contributed by atoms with van der Waals surface area (Å²) >= 11 is 3.38. The van der Waals surface area contributed by atoms with Gasteiger partial charge in [-0.2, -0.15) is 0 Å². The molecule has 22 heavy (non-hydrogen) atoms. The van der Waals surface area contributed by atoms with Gasteiger partial charge in [-0.15, -0.1) is 5.10 Å². The molecule has 1 aromatic carbocycles. The molecule has 1 fully saturated rings. The van der Waals surface area contributed by atoms with Crippen molar-refractivity contribution in [3.63, 3.8) is 0 Å². The summed E-state index contributed by atoms with van der Waals surface area (Å²) in [5.74, 6) is 0.856. The van der Waals surface area contributed by atoms with Crippen LogP contribution in [0.3, 0.4) is 0 Å². The SMILES string of the molecule is OCCC(c1ccccc1)c1nc(Br)nn1C1CCCCO1. The van der Waals surface area contributed by atoms with Crippen LogP contribution in [0, 0.1) is 0 Å². The first kappa shape index (κ1) is 15.6. The normalized spacial score (nSPS) is 20.0. The third-order valence-corrected chi connectivity index (χ3v) is 4.33. The zero-order chi connectivity index (χ0) is 15.4. The molecular formula is C16H20BrN3O2. The Balaban J connectivity index is 1.97. The van der Waals surface area contributed by atoms with Gasteiger partial charge in [0.2, 0.25) is 4.73 Å². The van der Waals surface area contributed by atoms with E-state index in [0.29, 0.717) is 11.2 Å². The Hall–Kier alpha value is -1.24. The van der Waals surface area contributed by atoms with Crippen molar-refractivity contribution >= 4 is 15.9 Å². The van der Waals surface area contributed by atoms with Gasteiger partial charge in [0.25, 0.3) is 0 Å². The fourth-order valence-electron chi connectivity index (χ4n) is 2.93. The average Bonchev–Trinajstić information content (AvgIpc) is 2.96. The number of rotatable bonds is 5. The maximum Gasteiger partial charge on any atom is 0.217 e. The summed E-state index contributed by atoms with van der Waals surface area (Å²) in [6, 6.07) is 10.1. The molecule has 1 aliphatic heterocycles. The smallest absolute Gasteiger partial charge is 0.217 e. The first-order chi connectivity index (χ1) is 10.8. The van der Waals surface area contributed by atoms with Gasteiger partial charge in [0, 0.05) is 19.1 Å². The Morgan fingerprint density at radius 1 is 1.32 bits per heavy atom. The third kappa shape index (κ3) is 3.39. The van der Waals surface area contributed by atoms with E-state index in [4.69, 9.17) is 4.74 Å². The lowest BCUT2D eigenvalue weighted by molar-refractivity contribution is -0.0420. The summed E-state index contributed by atoms with van der Waals surface area (Å²) in [5.41, 5.74) is 1.13. The van der Waals surface area contributed by atoms with Gasteiger partial charge < -0.3 is 9.84 Å². The number of hydrogen-bond acceptors (Lipinski definition) is 4. The second-order valence-electron chi connectivity index (χ2n) is 5.48. The van der Waals surface area contributed by atoms with Gasteiger partial charge in [-0.1, -0.05) is 30.3 Å². The van der Waals surface area contributed by atoms with Gasteiger partial charge in [-0.05, 0) is 47.2 Å². The molecule has 1 N–H and O–H groups in total. The van der Waals surface area contributed by atoms with Crippen LogP contribution in [-0.2, 0) is 4.74 Å². The number of hydrogen-bond donors (Lipinski definition) is 1. The van der Waals surface area contributed by atoms with Crippen molar-refractivity contribution in [2.24, 2.45) is 0 Å². The van der Waals surface area contributed by atoms with Crippen LogP contribution in [0.1, 0.15) is 49.2 Å². The first-order valence-electron chi connectivity index (χ1n) is 7.69. The summed E-state index contributed by atoms with van der Waals surface area (Å²) in [4.78, 5) is 4.56. The maximum atomic E-state index is 9.47. The summed E-state index contributed by atoms with van der Waals surface area (Å²) in [5, 5.41) is 13.9. The average molecular weight is 366 g/mol. The van der Waals surface area contributed by atoms with Crippen molar-refractivity contribution in [2.45, 2.75) is 37.8 Å². The molecule has 0 spiro atoms. The van der Waals surface area contributed by atoms with E-state index in [9.17, 15) is 5.11 Å². The van der Waals surface area contributed by atoms with Crippen LogP contribution in [0.25, 0.3) is 0 Å². The highest BCUT2D eigenvalue weighted by Crippen LogP contribution is 2.31. The monoisotopic (exact) mass is 365 g/mol. The lowest BCUT2D eigenvalue weighted by Crippen LogP contribution is -2.23. The Morgan fingerprint density at radius 2 is 2.14 bits per heavy atom. The summed E-state index contributed by atoms with van der Waals surface area (Å²) in [7, 11) is 0. The van der Waals surface area contributed by atoms with E-state index >= 15 is 0 Å². The molecule has 0 aliphatic carbocycles. The molecule has 1 aliphatic rings. The number of aliphatic hydroxyl groups excluding tert-OH is 1. The molecule has 0 bridgehead atoms. The number of aliphatic hydroxyl groups is 1. The van der Waals surface area contributed by atoms with E-state index in [2.05, 4.69) is 38.1 Å². The van der Waals surface area contributed by atoms with Crippen LogP contribution in [0.15, 0.2) is 35.1 Å². The van der Waals surface area contributed by atoms with Gasteiger partial charge in [0.15, 0.2) is 6.23 Å². The van der Waals surface area contributed by atoms with Crippen molar-refractivity contribution in [3.8, 4) is 0 Å². The molecule has 2 atom stereocenters. The van der Waals surface area contributed by atoms with Crippen molar-refractivity contribution in [2.75, 3.05) is 13.2 Å². The molecule has 1 saturated heterocycles. The molecule has 2 heterocycles. The minimum Gasteiger partial charge on any atom is -0.396 e. The van der Waals surface area contributed by atoms with E-state index in [1.54, 1.807) is 0 Å². The van der Waals surface area contributed by atoms with Gasteiger partial charge in [-0.3, -0.25) is 0 Å². The molecule has 1 aromatic heterocycles. The number of nitrogens with zero attached hydrogens (tertiary/aromatic N) is 3. The van der Waals surface area contributed by atoms with Crippen molar-refractivity contribution < 1.29 is 9.84 Å². The maximum absolute atomic E-state index is 9.47. The van der Waals surface area contributed by atoms with E-state index in [0.717, 1.165) is 37.3 Å². The molecule has 0 radical (unpaired) electrons.